The van der Waals surface area contributed by atoms with Crippen LogP contribution in [0.25, 0.3) is 0 Å². The van der Waals surface area contributed by atoms with Crippen molar-refractivity contribution in [2.75, 3.05) is 5.32 Å². The Hall–Kier alpha value is -2.94. The van der Waals surface area contributed by atoms with Crippen LogP contribution in [0, 0.1) is 16.7 Å². The van der Waals surface area contributed by atoms with Gasteiger partial charge >= 0.3 is 6.61 Å². The molecule has 1 amide bonds. The summed E-state index contributed by atoms with van der Waals surface area (Å²) in [7, 11) is 0. The van der Waals surface area contributed by atoms with Crippen molar-refractivity contribution in [1.29, 1.82) is 5.26 Å². The van der Waals surface area contributed by atoms with Crippen molar-refractivity contribution in [3.63, 3.8) is 0 Å². The van der Waals surface area contributed by atoms with E-state index in [1.807, 2.05) is 30.3 Å². The molecule has 0 heterocycles. The minimum Gasteiger partial charge on any atom is -0.435 e. The minimum absolute atomic E-state index is 0.0736. The van der Waals surface area contributed by atoms with Gasteiger partial charge in [-0.1, -0.05) is 49.6 Å². The summed E-state index contributed by atoms with van der Waals surface area (Å²) in [5.74, 6) is -0.257. The maximum absolute atomic E-state index is 12.8. The van der Waals surface area contributed by atoms with Gasteiger partial charge in [-0.25, -0.2) is 0 Å². The Morgan fingerprint density at radius 2 is 1.86 bits per heavy atom. The highest BCUT2D eigenvalue weighted by Crippen LogP contribution is 2.37. The maximum atomic E-state index is 12.8. The van der Waals surface area contributed by atoms with Crippen LogP contribution in [0.1, 0.15) is 43.2 Å². The second-order valence-corrected chi connectivity index (χ2v) is 7.07. The van der Waals surface area contributed by atoms with Crippen molar-refractivity contribution in [2.24, 2.45) is 5.41 Å². The lowest BCUT2D eigenvalue weighted by atomic mass is 9.74. The SMILES string of the molecule is N#CC1(C(=O)Nc2ccc(OC(F)F)c(Cc3ccccc3)c2)CCCCC1. The van der Waals surface area contributed by atoms with Crippen LogP contribution in [0.4, 0.5) is 14.5 Å². The maximum Gasteiger partial charge on any atom is 0.387 e. The number of rotatable bonds is 6. The minimum atomic E-state index is -2.93. The van der Waals surface area contributed by atoms with E-state index in [1.54, 1.807) is 6.07 Å². The molecular formula is C22H22F2N2O2. The topological polar surface area (TPSA) is 62.1 Å². The molecule has 0 saturated heterocycles. The number of halogens is 2. The normalized spacial score (nSPS) is 15.6. The molecule has 146 valence electrons. The number of carbonyl (C=O) groups excluding carboxylic acids is 1. The first kappa shape index (κ1) is 19.8. The molecule has 0 aliphatic heterocycles. The monoisotopic (exact) mass is 384 g/mol. The van der Waals surface area contributed by atoms with E-state index >= 15 is 0 Å². The zero-order chi connectivity index (χ0) is 20.0. The second-order valence-electron chi connectivity index (χ2n) is 7.07. The summed E-state index contributed by atoms with van der Waals surface area (Å²) in [5.41, 5.74) is 0.929. The smallest absolute Gasteiger partial charge is 0.387 e. The number of hydrogen-bond acceptors (Lipinski definition) is 3. The Labute approximate surface area is 163 Å². The van der Waals surface area contributed by atoms with E-state index in [1.165, 1.54) is 12.1 Å². The van der Waals surface area contributed by atoms with E-state index in [0.717, 1.165) is 24.8 Å². The summed E-state index contributed by atoms with van der Waals surface area (Å²) in [4.78, 5) is 12.8. The van der Waals surface area contributed by atoms with Crippen molar-refractivity contribution in [2.45, 2.75) is 45.1 Å². The first-order valence-corrected chi connectivity index (χ1v) is 9.37. The summed E-state index contributed by atoms with van der Waals surface area (Å²) in [6.45, 7) is -2.93. The zero-order valence-corrected chi connectivity index (χ0v) is 15.5. The second kappa shape index (κ2) is 8.83. The van der Waals surface area contributed by atoms with Crippen molar-refractivity contribution in [3.05, 3.63) is 59.7 Å². The number of benzene rings is 2. The summed E-state index contributed by atoms with van der Waals surface area (Å²) in [6.07, 6.45) is 4.19. The van der Waals surface area contributed by atoms with Crippen LogP contribution >= 0.6 is 0 Å². The molecule has 0 radical (unpaired) electrons. The molecule has 4 nitrogen and oxygen atoms in total. The summed E-state index contributed by atoms with van der Waals surface area (Å²) >= 11 is 0. The van der Waals surface area contributed by atoms with Crippen LogP contribution in [-0.4, -0.2) is 12.5 Å². The molecule has 0 atom stereocenters. The van der Waals surface area contributed by atoms with Crippen LogP contribution in [0.2, 0.25) is 0 Å². The van der Waals surface area contributed by atoms with Crippen molar-refractivity contribution >= 4 is 11.6 Å². The Balaban J connectivity index is 1.84. The molecule has 0 spiro atoms. The van der Waals surface area contributed by atoms with Crippen LogP contribution in [0.15, 0.2) is 48.5 Å². The number of nitrogens with zero attached hydrogens (tertiary/aromatic N) is 1. The van der Waals surface area contributed by atoms with Crippen LogP contribution in [0.3, 0.4) is 0 Å². The molecule has 0 unspecified atom stereocenters. The number of hydrogen-bond donors (Lipinski definition) is 1. The van der Waals surface area contributed by atoms with Crippen molar-refractivity contribution < 1.29 is 18.3 Å². The molecular weight excluding hydrogens is 362 g/mol. The highest BCUT2D eigenvalue weighted by atomic mass is 19.3. The van der Waals surface area contributed by atoms with Gasteiger partial charge in [0.25, 0.3) is 0 Å². The fourth-order valence-electron chi connectivity index (χ4n) is 3.62. The molecule has 2 aromatic rings. The molecule has 6 heteroatoms. The molecule has 1 aliphatic carbocycles. The van der Waals surface area contributed by atoms with Crippen LogP contribution < -0.4 is 10.1 Å². The molecule has 3 rings (SSSR count). The summed E-state index contributed by atoms with van der Waals surface area (Å²) in [5, 5.41) is 12.4. The van der Waals surface area contributed by atoms with E-state index in [0.29, 0.717) is 30.5 Å². The standard InChI is InChI=1S/C22H22F2N2O2/c23-21(24)28-19-10-9-18(14-17(19)13-16-7-3-1-4-8-16)26-20(27)22(15-25)11-5-2-6-12-22/h1,3-4,7-10,14,21H,2,5-6,11-13H2,(H,26,27). The van der Waals surface area contributed by atoms with E-state index in [4.69, 9.17) is 0 Å². The lowest BCUT2D eigenvalue weighted by molar-refractivity contribution is -0.124. The number of amides is 1. The fourth-order valence-corrected chi connectivity index (χ4v) is 3.62. The molecule has 0 bridgehead atoms. The molecule has 28 heavy (non-hydrogen) atoms. The third kappa shape index (κ3) is 4.66. The molecule has 1 saturated carbocycles. The van der Waals surface area contributed by atoms with Crippen molar-refractivity contribution in [1.82, 2.24) is 0 Å². The number of alkyl halides is 2. The molecule has 1 aliphatic rings. The van der Waals surface area contributed by atoms with Crippen LogP contribution in [-0.2, 0) is 11.2 Å². The van der Waals surface area contributed by atoms with Gasteiger partial charge in [0.05, 0.1) is 6.07 Å². The first-order chi connectivity index (χ1) is 13.5. The lowest BCUT2D eigenvalue weighted by Gasteiger charge is -2.29. The largest absolute Gasteiger partial charge is 0.435 e. The van der Waals surface area contributed by atoms with Gasteiger partial charge in [0.2, 0.25) is 5.91 Å². The van der Waals surface area contributed by atoms with Gasteiger partial charge in [0, 0.05) is 17.7 Å². The summed E-state index contributed by atoms with van der Waals surface area (Å²) in [6, 6.07) is 16.2. The van der Waals surface area contributed by atoms with E-state index in [2.05, 4.69) is 16.1 Å². The molecule has 2 aromatic carbocycles. The summed E-state index contributed by atoms with van der Waals surface area (Å²) < 4.78 is 30.2. The molecule has 1 fully saturated rings. The quantitative estimate of drug-likeness (QED) is 0.736. The van der Waals surface area contributed by atoms with Gasteiger partial charge < -0.3 is 10.1 Å². The van der Waals surface area contributed by atoms with E-state index in [-0.39, 0.29) is 11.7 Å². The Bertz CT molecular complexity index is 857. The van der Waals surface area contributed by atoms with E-state index in [9.17, 15) is 18.8 Å². The van der Waals surface area contributed by atoms with Gasteiger partial charge in [-0.15, -0.1) is 0 Å². The third-order valence-electron chi connectivity index (χ3n) is 5.13. The van der Waals surface area contributed by atoms with Crippen LogP contribution in [0.5, 0.6) is 5.75 Å². The number of ether oxygens (including phenoxy) is 1. The van der Waals surface area contributed by atoms with Crippen molar-refractivity contribution in [3.8, 4) is 11.8 Å². The predicted octanol–water partition coefficient (Wildman–Crippen LogP) is 5.29. The Kier molecular flexibility index (Phi) is 6.25. The Morgan fingerprint density at radius 3 is 2.50 bits per heavy atom. The fraction of sp³-hybridized carbons (Fsp3) is 0.364. The van der Waals surface area contributed by atoms with Gasteiger partial charge in [-0.05, 0) is 36.6 Å². The highest BCUT2D eigenvalue weighted by Gasteiger charge is 2.39. The van der Waals surface area contributed by atoms with Gasteiger partial charge in [-0.2, -0.15) is 14.0 Å². The third-order valence-corrected chi connectivity index (χ3v) is 5.13. The predicted molar refractivity (Wildman–Crippen MR) is 102 cm³/mol. The average molecular weight is 384 g/mol. The number of carbonyl (C=O) groups is 1. The number of anilines is 1. The Morgan fingerprint density at radius 1 is 1.14 bits per heavy atom. The van der Waals surface area contributed by atoms with E-state index < -0.39 is 12.0 Å². The van der Waals surface area contributed by atoms with Gasteiger partial charge in [-0.3, -0.25) is 4.79 Å². The lowest BCUT2D eigenvalue weighted by Crippen LogP contribution is -2.36. The van der Waals surface area contributed by atoms with Gasteiger partial charge in [0.1, 0.15) is 11.2 Å². The van der Waals surface area contributed by atoms with Gasteiger partial charge in [0.15, 0.2) is 0 Å². The zero-order valence-electron chi connectivity index (χ0n) is 15.5. The average Bonchev–Trinajstić information content (AvgIpc) is 2.71. The molecule has 1 N–H and O–H groups in total. The number of nitriles is 1. The highest BCUT2D eigenvalue weighted by molar-refractivity contribution is 5.97. The first-order valence-electron chi connectivity index (χ1n) is 9.37. The molecule has 0 aromatic heterocycles. The number of nitrogens with one attached hydrogen (secondary N) is 1.